The van der Waals surface area contributed by atoms with Gasteiger partial charge in [0.15, 0.2) is 5.78 Å². The average Bonchev–Trinajstić information content (AvgIpc) is 3.73. The van der Waals surface area contributed by atoms with Gasteiger partial charge in [-0.3, -0.25) is 24.2 Å². The molecule has 1 aromatic heterocycles. The summed E-state index contributed by atoms with van der Waals surface area (Å²) in [4.78, 5) is 46.7. The van der Waals surface area contributed by atoms with Crippen LogP contribution in [0.25, 0.3) is 10.9 Å². The molecular weight excluding hydrogens is 627 g/mol. The molecule has 3 aliphatic rings. The highest BCUT2D eigenvalue weighted by molar-refractivity contribution is 6.34. The molecule has 2 aliphatic heterocycles. The Morgan fingerprint density at radius 2 is 1.74 bits per heavy atom. The number of ether oxygens (including phenoxy) is 2. The summed E-state index contributed by atoms with van der Waals surface area (Å²) in [6.07, 6.45) is 4.40. The van der Waals surface area contributed by atoms with E-state index in [2.05, 4.69) is 15.2 Å². The lowest BCUT2D eigenvalue weighted by atomic mass is 9.87. The van der Waals surface area contributed by atoms with Gasteiger partial charge in [0.25, 0.3) is 5.91 Å². The molecule has 3 fully saturated rings. The van der Waals surface area contributed by atoms with Crippen molar-refractivity contribution in [3.63, 3.8) is 0 Å². The number of carbonyl (C=O) groups is 3. The monoisotopic (exact) mass is 668 g/mol. The van der Waals surface area contributed by atoms with Crippen LogP contribution in [0.2, 0.25) is 5.02 Å². The lowest BCUT2D eigenvalue weighted by molar-refractivity contribution is -0.274. The number of carbonyl (C=O) groups excluding carboxylic acids is 2. The number of aromatic nitrogens is 1. The van der Waals surface area contributed by atoms with Crippen LogP contribution in [0.15, 0.2) is 42.6 Å². The maximum Gasteiger partial charge on any atom is 0.306 e. The second kappa shape index (κ2) is 14.0. The predicted octanol–water partition coefficient (Wildman–Crippen LogP) is 5.84. The molecule has 0 radical (unpaired) electrons. The van der Waals surface area contributed by atoms with Crippen molar-refractivity contribution in [2.75, 3.05) is 31.5 Å². The molecule has 3 N–H and O–H groups in total. The maximum atomic E-state index is 15.8. The Bertz CT molecular complexity index is 1630. The molecule has 3 atom stereocenters. The van der Waals surface area contributed by atoms with E-state index in [1.807, 2.05) is 43.0 Å². The van der Waals surface area contributed by atoms with Gasteiger partial charge in [-0.25, -0.2) is 4.39 Å². The number of aromatic amines is 1. The van der Waals surface area contributed by atoms with Crippen molar-refractivity contribution < 1.29 is 33.4 Å². The molecule has 1 amide bonds. The predicted molar refractivity (Wildman–Crippen MR) is 176 cm³/mol. The number of ketones is 1. The summed E-state index contributed by atoms with van der Waals surface area (Å²) in [5, 5.41) is 13.1. The normalized spacial score (nSPS) is 25.4. The van der Waals surface area contributed by atoms with E-state index in [0.717, 1.165) is 29.8 Å². The number of likely N-dealkylation sites (tertiary alicyclic amines) is 1. The zero-order valence-corrected chi connectivity index (χ0v) is 27.5. The number of aliphatic carboxylic acids is 1. The van der Waals surface area contributed by atoms with E-state index >= 15 is 4.39 Å². The highest BCUT2D eigenvalue weighted by atomic mass is 35.5. The van der Waals surface area contributed by atoms with Crippen LogP contribution >= 0.6 is 11.6 Å². The second-order valence-corrected chi connectivity index (χ2v) is 13.5. The van der Waals surface area contributed by atoms with Crippen molar-refractivity contribution in [3.8, 4) is 0 Å². The van der Waals surface area contributed by atoms with Gasteiger partial charge in [-0.2, -0.15) is 0 Å². The number of hydrogen-bond donors (Lipinski definition) is 3. The summed E-state index contributed by atoms with van der Waals surface area (Å²) in [6.45, 7) is 6.08. The SMILES string of the molecule is C[C@@H]1CN(C(OC2CCC(C(=O)O)CC2)(C(=O)Cc2cc(Cl)c(NC(=O)c3c[nH]c4ccccc34)cc2F)N2CCCC2)C[C@H](C)O1. The molecule has 0 bridgehead atoms. The fraction of sp³-hybridized carbons (Fsp3) is 0.514. The van der Waals surface area contributed by atoms with Gasteiger partial charge in [0.05, 0.1) is 40.5 Å². The number of fused-ring (bicyclic) bond motifs is 1. The summed E-state index contributed by atoms with van der Waals surface area (Å²) in [7, 11) is 0. The molecule has 1 unspecified atom stereocenters. The number of nitrogens with one attached hydrogen (secondary N) is 2. The van der Waals surface area contributed by atoms with Crippen LogP contribution in [0.1, 0.15) is 68.3 Å². The number of H-pyrrole nitrogens is 1. The summed E-state index contributed by atoms with van der Waals surface area (Å²) >= 11 is 6.61. The van der Waals surface area contributed by atoms with E-state index in [9.17, 15) is 19.5 Å². The number of carboxylic acids is 1. The smallest absolute Gasteiger partial charge is 0.306 e. The highest BCUT2D eigenvalue weighted by Crippen LogP contribution is 2.38. The number of hydrogen-bond acceptors (Lipinski definition) is 7. The third-order valence-electron chi connectivity index (χ3n) is 9.67. The number of amides is 1. The van der Waals surface area contributed by atoms with Crippen molar-refractivity contribution in [2.24, 2.45) is 5.92 Å². The van der Waals surface area contributed by atoms with E-state index < -0.39 is 29.5 Å². The molecule has 2 saturated heterocycles. The van der Waals surface area contributed by atoms with Gasteiger partial charge < -0.3 is 24.9 Å². The topological polar surface area (TPSA) is 124 Å². The Kier molecular flexibility index (Phi) is 10.0. The number of nitrogens with zero attached hydrogens (tertiary/aromatic N) is 2. The van der Waals surface area contributed by atoms with Crippen LogP contribution in [0.3, 0.4) is 0 Å². The number of halogens is 2. The van der Waals surface area contributed by atoms with Gasteiger partial charge in [-0.1, -0.05) is 29.8 Å². The number of Topliss-reactive ketones (excluding diaryl/α,β-unsaturated/α-hetero) is 1. The van der Waals surface area contributed by atoms with Crippen molar-refractivity contribution >= 4 is 45.9 Å². The Labute approximate surface area is 278 Å². The molecule has 6 rings (SSSR count). The lowest BCUT2D eigenvalue weighted by Crippen LogP contribution is -2.71. The van der Waals surface area contributed by atoms with Crippen molar-refractivity contribution in [3.05, 3.63) is 64.6 Å². The molecule has 10 nitrogen and oxygen atoms in total. The second-order valence-electron chi connectivity index (χ2n) is 13.1. The number of rotatable bonds is 10. The van der Waals surface area contributed by atoms with Crippen LogP contribution in [0, 0.1) is 11.7 Å². The first-order valence-corrected chi connectivity index (χ1v) is 16.9. The molecule has 1 aliphatic carbocycles. The van der Waals surface area contributed by atoms with Gasteiger partial charge in [0, 0.05) is 49.7 Å². The first kappa shape index (κ1) is 33.5. The van der Waals surface area contributed by atoms with E-state index in [1.54, 1.807) is 6.20 Å². The van der Waals surface area contributed by atoms with Gasteiger partial charge in [0.2, 0.25) is 5.85 Å². The van der Waals surface area contributed by atoms with Gasteiger partial charge in [-0.15, -0.1) is 0 Å². The van der Waals surface area contributed by atoms with Crippen molar-refractivity contribution in [1.29, 1.82) is 0 Å². The molecule has 2 aromatic carbocycles. The van der Waals surface area contributed by atoms with E-state index in [-0.39, 0.29) is 46.8 Å². The van der Waals surface area contributed by atoms with E-state index in [0.29, 0.717) is 57.4 Å². The third-order valence-corrected chi connectivity index (χ3v) is 9.98. The third kappa shape index (κ3) is 6.96. The van der Waals surface area contributed by atoms with Gasteiger partial charge in [0.1, 0.15) is 5.82 Å². The Morgan fingerprint density at radius 3 is 2.43 bits per heavy atom. The average molecular weight is 669 g/mol. The Hall–Kier alpha value is -3.35. The summed E-state index contributed by atoms with van der Waals surface area (Å²) in [6, 6.07) is 9.92. The van der Waals surface area contributed by atoms with Gasteiger partial charge >= 0.3 is 5.97 Å². The zero-order valence-electron chi connectivity index (χ0n) is 26.8. The fourth-order valence-electron chi connectivity index (χ4n) is 7.43. The number of anilines is 1. The van der Waals surface area contributed by atoms with E-state index in [4.69, 9.17) is 21.1 Å². The number of benzene rings is 2. The number of carboxylic acid groups (broad SMARTS) is 1. The van der Waals surface area contributed by atoms with Crippen molar-refractivity contribution in [2.45, 2.75) is 83.0 Å². The Morgan fingerprint density at radius 1 is 1.06 bits per heavy atom. The standard InChI is InChI=1S/C35H42ClFN4O6/c1-21-19-41(20-22(2)46-21)35(40-13-5-6-14-40,47-25-11-9-23(10-12-25)34(44)45)32(42)16-24-15-28(36)31(17-29(24)37)39-33(43)27-18-38-30-8-4-3-7-26(27)30/h3-4,7-8,15,17-18,21-23,25,38H,5-6,9-14,16,19-20H2,1-2H3,(H,39,43)(H,44,45)/t21-,22+,23?,25?,35?. The fourth-order valence-corrected chi connectivity index (χ4v) is 7.66. The molecule has 12 heteroatoms. The summed E-state index contributed by atoms with van der Waals surface area (Å²) in [5.74, 6) is -4.15. The minimum Gasteiger partial charge on any atom is -0.481 e. The van der Waals surface area contributed by atoms with E-state index in [1.165, 1.54) is 6.07 Å². The first-order valence-electron chi connectivity index (χ1n) is 16.5. The summed E-state index contributed by atoms with van der Waals surface area (Å²) in [5.41, 5.74) is 1.40. The Balaban J connectivity index is 1.29. The number of morpholine rings is 1. The lowest BCUT2D eigenvalue weighted by Gasteiger charge is -2.52. The van der Waals surface area contributed by atoms with Crippen LogP contribution in [-0.4, -0.2) is 87.9 Å². The largest absolute Gasteiger partial charge is 0.481 e. The molecule has 3 heterocycles. The quantitative estimate of drug-likeness (QED) is 0.246. The molecule has 1 saturated carbocycles. The van der Waals surface area contributed by atoms with Crippen LogP contribution in [0.4, 0.5) is 10.1 Å². The molecule has 0 spiro atoms. The maximum absolute atomic E-state index is 15.8. The summed E-state index contributed by atoms with van der Waals surface area (Å²) < 4.78 is 28.8. The zero-order chi connectivity index (χ0) is 33.3. The minimum absolute atomic E-state index is 0.0983. The van der Waals surface area contributed by atoms with Crippen molar-refractivity contribution in [1.82, 2.24) is 14.8 Å². The van der Waals surface area contributed by atoms with Crippen LogP contribution in [0.5, 0.6) is 0 Å². The molecule has 252 valence electrons. The number of para-hydroxylation sites is 1. The molecular formula is C35H42ClFN4O6. The first-order chi connectivity index (χ1) is 22.5. The van der Waals surface area contributed by atoms with Crippen LogP contribution < -0.4 is 5.32 Å². The van der Waals surface area contributed by atoms with Crippen LogP contribution in [-0.2, 0) is 25.5 Å². The highest BCUT2D eigenvalue weighted by Gasteiger charge is 2.54. The van der Waals surface area contributed by atoms with Gasteiger partial charge in [-0.05, 0) is 76.1 Å². The molecule has 3 aromatic rings. The minimum atomic E-state index is -1.48. The molecule has 47 heavy (non-hydrogen) atoms.